The highest BCUT2D eigenvalue weighted by Crippen LogP contribution is 2.29. The van der Waals surface area contributed by atoms with Crippen molar-refractivity contribution in [2.24, 2.45) is 0 Å². The molecule has 0 aliphatic rings. The van der Waals surface area contributed by atoms with E-state index in [2.05, 4.69) is 26.2 Å². The molecule has 1 aromatic carbocycles. The van der Waals surface area contributed by atoms with Gasteiger partial charge < -0.3 is 11.1 Å². The maximum Gasteiger partial charge on any atom is 0.265 e. The summed E-state index contributed by atoms with van der Waals surface area (Å²) in [6.45, 7) is 0. The van der Waals surface area contributed by atoms with Crippen LogP contribution in [0.3, 0.4) is 0 Å². The number of thiophene rings is 1. The van der Waals surface area contributed by atoms with Gasteiger partial charge in [0.1, 0.15) is 0 Å². The lowest BCUT2D eigenvalue weighted by Crippen LogP contribution is -2.10. The van der Waals surface area contributed by atoms with Gasteiger partial charge in [-0.05, 0) is 51.6 Å². The lowest BCUT2D eigenvalue weighted by molar-refractivity contribution is 0.103. The first-order valence-corrected chi connectivity index (χ1v) is 7.93. The fourth-order valence-electron chi connectivity index (χ4n) is 1.87. The van der Waals surface area contributed by atoms with Crippen molar-refractivity contribution in [2.75, 3.05) is 11.1 Å². The van der Waals surface area contributed by atoms with E-state index < -0.39 is 0 Å². The van der Waals surface area contributed by atoms with Crippen LogP contribution in [-0.4, -0.2) is 10.9 Å². The Morgan fingerprint density at radius 2 is 2.14 bits per heavy atom. The van der Waals surface area contributed by atoms with Crippen molar-refractivity contribution in [3.8, 4) is 0 Å². The van der Waals surface area contributed by atoms with Crippen LogP contribution in [0, 0.1) is 0 Å². The summed E-state index contributed by atoms with van der Waals surface area (Å²) in [6, 6.07) is 9.08. The molecule has 0 fully saturated rings. The van der Waals surface area contributed by atoms with Crippen LogP contribution < -0.4 is 11.1 Å². The molecule has 3 rings (SSSR count). The summed E-state index contributed by atoms with van der Waals surface area (Å²) in [5, 5.41) is 3.95. The zero-order chi connectivity index (χ0) is 15.0. The SMILES string of the molecule is Nc1ccc2sc(C(=O)Nc3cc(Br)cnc3Cl)cc2c1. The number of nitrogens with one attached hydrogen (secondary N) is 1. The number of rotatable bonds is 2. The smallest absolute Gasteiger partial charge is 0.265 e. The summed E-state index contributed by atoms with van der Waals surface area (Å²) in [6.07, 6.45) is 1.57. The van der Waals surface area contributed by atoms with Gasteiger partial charge in [0, 0.05) is 21.1 Å². The molecular weight excluding hydrogens is 374 g/mol. The van der Waals surface area contributed by atoms with E-state index in [-0.39, 0.29) is 11.1 Å². The van der Waals surface area contributed by atoms with Gasteiger partial charge in [0.25, 0.3) is 5.91 Å². The first-order valence-electron chi connectivity index (χ1n) is 5.94. The topological polar surface area (TPSA) is 68.0 Å². The average molecular weight is 383 g/mol. The standard InChI is InChI=1S/C14H9BrClN3OS/c15-8-5-10(13(16)18-6-8)19-14(20)12-4-7-3-9(17)1-2-11(7)21-12/h1-6H,17H2,(H,19,20). The first kappa shape index (κ1) is 14.3. The predicted octanol–water partition coefficient (Wildman–Crippen LogP) is 4.55. The molecule has 0 bridgehead atoms. The number of anilines is 2. The number of nitrogens with zero attached hydrogens (tertiary/aromatic N) is 1. The molecule has 106 valence electrons. The number of hydrogen-bond acceptors (Lipinski definition) is 4. The number of nitrogens with two attached hydrogens (primary N) is 1. The molecule has 0 unspecified atom stereocenters. The van der Waals surface area contributed by atoms with Gasteiger partial charge in [-0.1, -0.05) is 11.6 Å². The molecule has 21 heavy (non-hydrogen) atoms. The second-order valence-electron chi connectivity index (χ2n) is 4.35. The molecule has 4 nitrogen and oxygen atoms in total. The highest BCUT2D eigenvalue weighted by molar-refractivity contribution is 9.10. The average Bonchev–Trinajstić information content (AvgIpc) is 2.86. The van der Waals surface area contributed by atoms with E-state index >= 15 is 0 Å². The van der Waals surface area contributed by atoms with E-state index in [0.29, 0.717) is 16.3 Å². The third-order valence-electron chi connectivity index (χ3n) is 2.82. The van der Waals surface area contributed by atoms with E-state index in [9.17, 15) is 4.79 Å². The summed E-state index contributed by atoms with van der Waals surface area (Å²) < 4.78 is 1.75. The molecule has 0 atom stereocenters. The number of nitrogen functional groups attached to an aromatic ring is 1. The number of carbonyl (C=O) groups excluding carboxylic acids is 1. The molecule has 3 N–H and O–H groups in total. The molecule has 2 aromatic heterocycles. The maximum atomic E-state index is 12.3. The van der Waals surface area contributed by atoms with Gasteiger partial charge in [0.05, 0.1) is 10.6 Å². The lowest BCUT2D eigenvalue weighted by Gasteiger charge is -2.05. The van der Waals surface area contributed by atoms with Gasteiger partial charge in [-0.2, -0.15) is 0 Å². The fourth-order valence-corrected chi connectivity index (χ4v) is 3.29. The van der Waals surface area contributed by atoms with Crippen molar-refractivity contribution < 1.29 is 4.79 Å². The van der Waals surface area contributed by atoms with Gasteiger partial charge in [-0.3, -0.25) is 4.79 Å². The van der Waals surface area contributed by atoms with E-state index in [1.165, 1.54) is 11.3 Å². The lowest BCUT2D eigenvalue weighted by atomic mass is 10.2. The molecule has 0 aliphatic heterocycles. The Morgan fingerprint density at radius 1 is 1.33 bits per heavy atom. The van der Waals surface area contributed by atoms with Crippen molar-refractivity contribution in [1.82, 2.24) is 4.98 Å². The first-order chi connectivity index (χ1) is 10.0. The van der Waals surface area contributed by atoms with E-state index in [4.69, 9.17) is 17.3 Å². The Balaban J connectivity index is 1.91. The molecule has 0 aliphatic carbocycles. The number of fused-ring (bicyclic) bond motifs is 1. The number of aromatic nitrogens is 1. The Bertz CT molecular complexity index is 849. The van der Waals surface area contributed by atoms with Crippen LogP contribution in [0.5, 0.6) is 0 Å². The predicted molar refractivity (Wildman–Crippen MR) is 91.1 cm³/mol. The third kappa shape index (κ3) is 3.02. The summed E-state index contributed by atoms with van der Waals surface area (Å²) >= 11 is 10.7. The Morgan fingerprint density at radius 3 is 2.95 bits per heavy atom. The zero-order valence-corrected chi connectivity index (χ0v) is 13.7. The summed E-state index contributed by atoms with van der Waals surface area (Å²) in [4.78, 5) is 16.9. The highest BCUT2D eigenvalue weighted by Gasteiger charge is 2.13. The normalized spacial score (nSPS) is 10.8. The van der Waals surface area contributed by atoms with Crippen LogP contribution in [0.15, 0.2) is 41.0 Å². The molecule has 1 amide bonds. The maximum absolute atomic E-state index is 12.3. The molecule has 3 aromatic rings. The molecule has 2 heterocycles. The van der Waals surface area contributed by atoms with Gasteiger partial charge >= 0.3 is 0 Å². The number of amides is 1. The molecule has 0 spiro atoms. The summed E-state index contributed by atoms with van der Waals surface area (Å²) in [5.74, 6) is -0.225. The van der Waals surface area contributed by atoms with Crippen LogP contribution in [0.25, 0.3) is 10.1 Å². The number of pyridine rings is 1. The van der Waals surface area contributed by atoms with Crippen LogP contribution in [0.2, 0.25) is 5.15 Å². The number of carbonyl (C=O) groups is 1. The minimum Gasteiger partial charge on any atom is -0.399 e. The fraction of sp³-hybridized carbons (Fsp3) is 0. The minimum atomic E-state index is -0.225. The van der Waals surface area contributed by atoms with Crippen LogP contribution in [0.1, 0.15) is 9.67 Å². The van der Waals surface area contributed by atoms with Crippen molar-refractivity contribution >= 4 is 66.2 Å². The van der Waals surface area contributed by atoms with Crippen molar-refractivity contribution in [3.63, 3.8) is 0 Å². The molecule has 0 saturated heterocycles. The van der Waals surface area contributed by atoms with E-state index in [1.807, 2.05) is 24.3 Å². The van der Waals surface area contributed by atoms with Gasteiger partial charge in [0.15, 0.2) is 5.15 Å². The van der Waals surface area contributed by atoms with Crippen molar-refractivity contribution in [2.45, 2.75) is 0 Å². The Kier molecular flexibility index (Phi) is 3.84. The summed E-state index contributed by atoms with van der Waals surface area (Å²) in [5.41, 5.74) is 6.88. The minimum absolute atomic E-state index is 0.225. The highest BCUT2D eigenvalue weighted by atomic mass is 79.9. The van der Waals surface area contributed by atoms with Crippen LogP contribution >= 0.6 is 38.9 Å². The summed E-state index contributed by atoms with van der Waals surface area (Å²) in [7, 11) is 0. The van der Waals surface area contributed by atoms with E-state index in [0.717, 1.165) is 14.6 Å². The number of hydrogen-bond donors (Lipinski definition) is 2. The largest absolute Gasteiger partial charge is 0.399 e. The monoisotopic (exact) mass is 381 g/mol. The second kappa shape index (κ2) is 5.63. The van der Waals surface area contributed by atoms with Crippen LogP contribution in [0.4, 0.5) is 11.4 Å². The van der Waals surface area contributed by atoms with Crippen molar-refractivity contribution in [3.05, 3.63) is 51.0 Å². The van der Waals surface area contributed by atoms with Gasteiger partial charge in [-0.15, -0.1) is 11.3 Å². The number of benzene rings is 1. The Labute approximate surface area is 138 Å². The second-order valence-corrected chi connectivity index (χ2v) is 6.71. The van der Waals surface area contributed by atoms with Gasteiger partial charge in [-0.25, -0.2) is 4.98 Å². The molecule has 0 saturated carbocycles. The molecule has 7 heteroatoms. The zero-order valence-electron chi connectivity index (χ0n) is 10.6. The number of halogens is 2. The molecular formula is C14H9BrClN3OS. The van der Waals surface area contributed by atoms with Gasteiger partial charge in [0.2, 0.25) is 0 Å². The molecule has 0 radical (unpaired) electrons. The van der Waals surface area contributed by atoms with Crippen LogP contribution in [-0.2, 0) is 0 Å². The third-order valence-corrected chi connectivity index (χ3v) is 4.67. The van der Waals surface area contributed by atoms with E-state index in [1.54, 1.807) is 12.3 Å². The quantitative estimate of drug-likeness (QED) is 0.505. The Hall–Kier alpha value is -1.63. The van der Waals surface area contributed by atoms with Crippen molar-refractivity contribution in [1.29, 1.82) is 0 Å².